The van der Waals surface area contributed by atoms with Crippen LogP contribution in [0.4, 0.5) is 0 Å². The van der Waals surface area contributed by atoms with Crippen LogP contribution in [0.5, 0.6) is 0 Å². The zero-order chi connectivity index (χ0) is 13.1. The van der Waals surface area contributed by atoms with Crippen LogP contribution in [-0.4, -0.2) is 54.2 Å². The highest BCUT2D eigenvalue weighted by atomic mass is 16.4. The van der Waals surface area contributed by atoms with E-state index in [1.807, 2.05) is 0 Å². The van der Waals surface area contributed by atoms with Gasteiger partial charge in [-0.1, -0.05) is 0 Å². The Labute approximate surface area is 106 Å². The molecule has 0 saturated carbocycles. The number of hydrogen-bond acceptors (Lipinski definition) is 5. The van der Waals surface area contributed by atoms with E-state index in [-0.39, 0.29) is 5.56 Å². The van der Waals surface area contributed by atoms with Gasteiger partial charge in [0.05, 0.1) is 6.54 Å². The van der Waals surface area contributed by atoms with Crippen molar-refractivity contribution in [3.05, 3.63) is 23.2 Å². The first-order chi connectivity index (χ1) is 8.56. The van der Waals surface area contributed by atoms with Gasteiger partial charge in [-0.05, 0) is 20.0 Å². The summed E-state index contributed by atoms with van der Waals surface area (Å²) in [7, 11) is 2.10. The zero-order valence-electron chi connectivity index (χ0n) is 10.8. The number of hydrazine groups is 1. The van der Waals surface area contributed by atoms with Crippen LogP contribution < -0.4 is 5.43 Å². The molecule has 0 spiro atoms. The van der Waals surface area contributed by atoms with Crippen molar-refractivity contribution in [2.45, 2.75) is 13.5 Å². The van der Waals surface area contributed by atoms with Crippen molar-refractivity contribution in [2.24, 2.45) is 0 Å². The predicted octanol–water partition coefficient (Wildman–Crippen LogP) is 0.538. The highest BCUT2D eigenvalue weighted by molar-refractivity contribution is 5.88. The number of carboxylic acids is 1. The summed E-state index contributed by atoms with van der Waals surface area (Å²) < 4.78 is 5.41. The van der Waals surface area contributed by atoms with Crippen molar-refractivity contribution in [1.29, 1.82) is 0 Å². The van der Waals surface area contributed by atoms with E-state index in [1.165, 1.54) is 0 Å². The van der Waals surface area contributed by atoms with Crippen LogP contribution in [0.1, 0.15) is 21.9 Å². The zero-order valence-corrected chi connectivity index (χ0v) is 10.8. The van der Waals surface area contributed by atoms with Gasteiger partial charge >= 0.3 is 5.97 Å². The number of aromatic carboxylic acids is 1. The van der Waals surface area contributed by atoms with Crippen molar-refractivity contribution in [2.75, 3.05) is 33.2 Å². The normalized spacial score (nSPS) is 18.1. The summed E-state index contributed by atoms with van der Waals surface area (Å²) in [6.07, 6.45) is 0. The van der Waals surface area contributed by atoms with Gasteiger partial charge in [0.25, 0.3) is 0 Å². The molecule has 0 radical (unpaired) electrons. The lowest BCUT2D eigenvalue weighted by molar-refractivity contribution is 0.0695. The van der Waals surface area contributed by atoms with E-state index in [0.717, 1.165) is 26.2 Å². The molecule has 6 heteroatoms. The summed E-state index contributed by atoms with van der Waals surface area (Å²) in [5, 5.41) is 11.1. The monoisotopic (exact) mass is 253 g/mol. The maximum absolute atomic E-state index is 10.9. The Morgan fingerprint density at radius 3 is 2.67 bits per heavy atom. The van der Waals surface area contributed by atoms with Gasteiger partial charge in [-0.25, -0.2) is 15.2 Å². The number of nitrogens with zero attached hydrogens (tertiary/aromatic N) is 2. The van der Waals surface area contributed by atoms with Crippen molar-refractivity contribution in [3.63, 3.8) is 0 Å². The SMILES string of the molecule is Cc1oc(CNN2CCN(C)CC2)cc1C(=O)O. The minimum absolute atomic E-state index is 0.241. The van der Waals surface area contributed by atoms with Crippen LogP contribution in [0.25, 0.3) is 0 Å². The lowest BCUT2D eigenvalue weighted by atomic mass is 10.2. The molecule has 1 aromatic rings. The van der Waals surface area contributed by atoms with E-state index >= 15 is 0 Å². The van der Waals surface area contributed by atoms with E-state index in [2.05, 4.69) is 22.4 Å². The molecule has 0 amide bonds. The molecular formula is C12H19N3O3. The number of furan rings is 1. The molecule has 0 aromatic carbocycles. The van der Waals surface area contributed by atoms with E-state index in [0.29, 0.717) is 18.1 Å². The van der Waals surface area contributed by atoms with Crippen LogP contribution >= 0.6 is 0 Å². The highest BCUT2D eigenvalue weighted by Gasteiger charge is 2.16. The summed E-state index contributed by atoms with van der Waals surface area (Å²) in [5.41, 5.74) is 3.50. The van der Waals surface area contributed by atoms with Gasteiger partial charge in [-0.15, -0.1) is 0 Å². The van der Waals surface area contributed by atoms with E-state index in [4.69, 9.17) is 9.52 Å². The fourth-order valence-electron chi connectivity index (χ4n) is 2.00. The number of carbonyl (C=O) groups is 1. The Morgan fingerprint density at radius 1 is 1.44 bits per heavy atom. The van der Waals surface area contributed by atoms with Gasteiger partial charge in [-0.3, -0.25) is 0 Å². The summed E-state index contributed by atoms with van der Waals surface area (Å²) in [6.45, 7) is 6.18. The molecule has 0 aliphatic carbocycles. The third-order valence-corrected chi connectivity index (χ3v) is 3.18. The lowest BCUT2D eigenvalue weighted by Crippen LogP contribution is -2.50. The second kappa shape index (κ2) is 5.51. The lowest BCUT2D eigenvalue weighted by Gasteiger charge is -2.32. The van der Waals surface area contributed by atoms with Crippen LogP contribution in [0, 0.1) is 6.92 Å². The second-order valence-corrected chi connectivity index (χ2v) is 4.61. The Balaban J connectivity index is 1.86. The van der Waals surface area contributed by atoms with Crippen LogP contribution in [0.15, 0.2) is 10.5 Å². The van der Waals surface area contributed by atoms with Crippen LogP contribution in [0.3, 0.4) is 0 Å². The third kappa shape index (κ3) is 3.10. The molecule has 1 fully saturated rings. The molecule has 18 heavy (non-hydrogen) atoms. The molecule has 0 atom stereocenters. The van der Waals surface area contributed by atoms with Gasteiger partial charge in [0.2, 0.25) is 0 Å². The standard InChI is InChI=1S/C12H19N3O3/c1-9-11(12(16)17)7-10(18-9)8-13-15-5-3-14(2)4-6-15/h7,13H,3-6,8H2,1-2H3,(H,16,17). The first-order valence-electron chi connectivity index (χ1n) is 6.06. The smallest absolute Gasteiger partial charge is 0.339 e. The minimum atomic E-state index is -0.943. The van der Waals surface area contributed by atoms with E-state index in [9.17, 15) is 4.79 Å². The molecule has 2 rings (SSSR count). The molecule has 1 aromatic heterocycles. The number of rotatable bonds is 4. The van der Waals surface area contributed by atoms with Gasteiger partial charge in [-0.2, -0.15) is 0 Å². The molecule has 1 aliphatic rings. The molecule has 6 nitrogen and oxygen atoms in total. The van der Waals surface area contributed by atoms with Gasteiger partial charge in [0, 0.05) is 26.2 Å². The highest BCUT2D eigenvalue weighted by Crippen LogP contribution is 2.14. The number of carboxylic acid groups (broad SMARTS) is 1. The topological polar surface area (TPSA) is 69.0 Å². The quantitative estimate of drug-likeness (QED) is 0.816. The fourth-order valence-corrected chi connectivity index (χ4v) is 2.00. The number of aryl methyl sites for hydroxylation is 1. The van der Waals surface area contributed by atoms with E-state index < -0.39 is 5.97 Å². The summed E-state index contributed by atoms with van der Waals surface area (Å²) in [4.78, 5) is 13.2. The van der Waals surface area contributed by atoms with Crippen molar-refractivity contribution < 1.29 is 14.3 Å². The van der Waals surface area contributed by atoms with Crippen molar-refractivity contribution in [1.82, 2.24) is 15.3 Å². The number of likely N-dealkylation sites (N-methyl/N-ethyl adjacent to an activating group) is 1. The summed E-state index contributed by atoms with van der Waals surface area (Å²) in [5.74, 6) is 0.170. The van der Waals surface area contributed by atoms with E-state index in [1.54, 1.807) is 13.0 Å². The van der Waals surface area contributed by atoms with Gasteiger partial charge in [0.1, 0.15) is 17.1 Å². The maximum atomic E-state index is 10.9. The Bertz CT molecular complexity index is 422. The van der Waals surface area contributed by atoms with Crippen LogP contribution in [0.2, 0.25) is 0 Å². The first kappa shape index (κ1) is 13.1. The first-order valence-corrected chi connectivity index (χ1v) is 6.06. The van der Waals surface area contributed by atoms with Gasteiger partial charge < -0.3 is 14.4 Å². The fraction of sp³-hybridized carbons (Fsp3) is 0.583. The third-order valence-electron chi connectivity index (χ3n) is 3.18. The average Bonchev–Trinajstić information content (AvgIpc) is 2.70. The summed E-state index contributed by atoms with van der Waals surface area (Å²) >= 11 is 0. The molecule has 2 N–H and O–H groups in total. The van der Waals surface area contributed by atoms with Crippen LogP contribution in [-0.2, 0) is 6.54 Å². The molecule has 100 valence electrons. The van der Waals surface area contributed by atoms with Gasteiger partial charge in [0.15, 0.2) is 0 Å². The van der Waals surface area contributed by atoms with Crippen molar-refractivity contribution in [3.8, 4) is 0 Å². The Kier molecular flexibility index (Phi) is 4.00. The largest absolute Gasteiger partial charge is 0.478 e. The number of hydrogen-bond donors (Lipinski definition) is 2. The molecule has 0 unspecified atom stereocenters. The number of piperazine rings is 1. The Morgan fingerprint density at radius 2 is 2.11 bits per heavy atom. The summed E-state index contributed by atoms with van der Waals surface area (Å²) in [6, 6.07) is 1.58. The molecule has 0 bridgehead atoms. The number of nitrogens with one attached hydrogen (secondary N) is 1. The molecule has 1 saturated heterocycles. The minimum Gasteiger partial charge on any atom is -0.478 e. The average molecular weight is 253 g/mol. The molecule has 2 heterocycles. The van der Waals surface area contributed by atoms with Crippen molar-refractivity contribution >= 4 is 5.97 Å². The molecular weight excluding hydrogens is 234 g/mol. The molecule has 1 aliphatic heterocycles. The predicted molar refractivity (Wildman–Crippen MR) is 66.3 cm³/mol. The Hall–Kier alpha value is -1.37. The maximum Gasteiger partial charge on any atom is 0.339 e. The second-order valence-electron chi connectivity index (χ2n) is 4.61.